The molecule has 19 heavy (non-hydrogen) atoms. The highest BCUT2D eigenvalue weighted by atomic mass is 35.5. The van der Waals surface area contributed by atoms with E-state index in [0.29, 0.717) is 23.2 Å². The monoisotopic (exact) mass is 304 g/mol. The predicted octanol–water partition coefficient (Wildman–Crippen LogP) is 1.99. The van der Waals surface area contributed by atoms with Crippen LogP contribution in [0.1, 0.15) is 12.8 Å². The van der Waals surface area contributed by atoms with Gasteiger partial charge >= 0.3 is 0 Å². The lowest BCUT2D eigenvalue weighted by Crippen LogP contribution is -2.40. The molecular weight excluding hydrogens is 287 g/mol. The molecule has 1 unspecified atom stereocenters. The second-order valence-corrected chi connectivity index (χ2v) is 4.99. The van der Waals surface area contributed by atoms with Crippen LogP contribution in [-0.2, 0) is 4.79 Å². The van der Waals surface area contributed by atoms with Crippen LogP contribution in [0.15, 0.2) is 24.3 Å². The van der Waals surface area contributed by atoms with E-state index >= 15 is 0 Å². The highest BCUT2D eigenvalue weighted by Crippen LogP contribution is 2.31. The van der Waals surface area contributed by atoms with Gasteiger partial charge in [0.2, 0.25) is 0 Å². The van der Waals surface area contributed by atoms with Crippen LogP contribution in [0.25, 0.3) is 0 Å². The highest BCUT2D eigenvalue weighted by molar-refractivity contribution is 6.30. The highest BCUT2D eigenvalue weighted by Gasteiger charge is 2.28. The minimum absolute atomic E-state index is 0. The van der Waals surface area contributed by atoms with Crippen LogP contribution < -0.4 is 15.8 Å². The van der Waals surface area contributed by atoms with Crippen LogP contribution in [-0.4, -0.2) is 25.1 Å². The molecule has 1 aromatic rings. The van der Waals surface area contributed by atoms with Gasteiger partial charge in [0.05, 0.1) is 0 Å². The maximum atomic E-state index is 11.5. The van der Waals surface area contributed by atoms with E-state index in [-0.39, 0.29) is 31.0 Å². The molecular formula is C13H18Cl2N2O2. The zero-order valence-electron chi connectivity index (χ0n) is 10.5. The number of hydrogen-bond acceptors (Lipinski definition) is 3. The number of carbonyl (C=O) groups is 1. The molecule has 1 aromatic carbocycles. The minimum Gasteiger partial charge on any atom is -0.484 e. The summed E-state index contributed by atoms with van der Waals surface area (Å²) >= 11 is 5.81. The van der Waals surface area contributed by atoms with Gasteiger partial charge < -0.3 is 15.8 Å². The molecule has 2 rings (SSSR count). The number of halogens is 2. The van der Waals surface area contributed by atoms with E-state index in [1.54, 1.807) is 24.3 Å². The number of carbonyl (C=O) groups excluding carboxylic acids is 1. The summed E-state index contributed by atoms with van der Waals surface area (Å²) in [7, 11) is 0. The van der Waals surface area contributed by atoms with Crippen molar-refractivity contribution in [3.8, 4) is 5.75 Å². The predicted molar refractivity (Wildman–Crippen MR) is 77.9 cm³/mol. The Balaban J connectivity index is 0.00000180. The molecule has 0 bridgehead atoms. The molecule has 0 aliphatic heterocycles. The SMILES string of the molecule is Cl.NC(CNC(=O)COc1cccc(Cl)c1)C1CC1. The van der Waals surface area contributed by atoms with Crippen molar-refractivity contribution in [2.24, 2.45) is 11.7 Å². The van der Waals surface area contributed by atoms with Gasteiger partial charge in [0.1, 0.15) is 5.75 Å². The maximum absolute atomic E-state index is 11.5. The van der Waals surface area contributed by atoms with E-state index in [2.05, 4.69) is 5.32 Å². The number of nitrogens with two attached hydrogens (primary N) is 1. The molecule has 0 radical (unpaired) electrons. The van der Waals surface area contributed by atoms with Gasteiger partial charge in [0.15, 0.2) is 6.61 Å². The first kappa shape index (κ1) is 16.1. The van der Waals surface area contributed by atoms with Crippen molar-refractivity contribution in [1.29, 1.82) is 0 Å². The summed E-state index contributed by atoms with van der Waals surface area (Å²) in [5.74, 6) is 1.01. The van der Waals surface area contributed by atoms with Gasteiger partial charge in [-0.3, -0.25) is 4.79 Å². The summed E-state index contributed by atoms with van der Waals surface area (Å²) < 4.78 is 5.32. The van der Waals surface area contributed by atoms with Crippen molar-refractivity contribution in [1.82, 2.24) is 5.32 Å². The lowest BCUT2D eigenvalue weighted by molar-refractivity contribution is -0.123. The summed E-state index contributed by atoms with van der Waals surface area (Å²) in [6.07, 6.45) is 2.35. The van der Waals surface area contributed by atoms with E-state index in [1.807, 2.05) is 0 Å². The summed E-state index contributed by atoms with van der Waals surface area (Å²) in [6, 6.07) is 7.03. The second-order valence-electron chi connectivity index (χ2n) is 4.55. The van der Waals surface area contributed by atoms with E-state index in [9.17, 15) is 4.79 Å². The molecule has 0 aromatic heterocycles. The van der Waals surface area contributed by atoms with E-state index < -0.39 is 0 Å². The van der Waals surface area contributed by atoms with E-state index in [1.165, 1.54) is 12.8 Å². The molecule has 1 fully saturated rings. The largest absolute Gasteiger partial charge is 0.484 e. The molecule has 0 saturated heterocycles. The lowest BCUT2D eigenvalue weighted by Gasteiger charge is -2.12. The fourth-order valence-corrected chi connectivity index (χ4v) is 1.86. The van der Waals surface area contributed by atoms with E-state index in [0.717, 1.165) is 0 Å². The fraction of sp³-hybridized carbons (Fsp3) is 0.462. The number of rotatable bonds is 6. The Morgan fingerprint density at radius 2 is 2.26 bits per heavy atom. The Labute approximate surface area is 124 Å². The van der Waals surface area contributed by atoms with Gasteiger partial charge in [0, 0.05) is 17.6 Å². The lowest BCUT2D eigenvalue weighted by atomic mass is 10.2. The van der Waals surface area contributed by atoms with Crippen molar-refractivity contribution in [2.75, 3.05) is 13.2 Å². The molecule has 106 valence electrons. The van der Waals surface area contributed by atoms with Crippen molar-refractivity contribution >= 4 is 29.9 Å². The average Bonchev–Trinajstić information content (AvgIpc) is 3.17. The average molecular weight is 305 g/mol. The summed E-state index contributed by atoms with van der Waals surface area (Å²) in [4.78, 5) is 11.5. The van der Waals surface area contributed by atoms with Crippen LogP contribution >= 0.6 is 24.0 Å². The van der Waals surface area contributed by atoms with Crippen molar-refractivity contribution in [3.05, 3.63) is 29.3 Å². The number of nitrogens with one attached hydrogen (secondary N) is 1. The van der Waals surface area contributed by atoms with Crippen LogP contribution in [0.2, 0.25) is 5.02 Å². The van der Waals surface area contributed by atoms with Crippen molar-refractivity contribution < 1.29 is 9.53 Å². The molecule has 1 aliphatic carbocycles. The third-order valence-electron chi connectivity index (χ3n) is 2.93. The van der Waals surface area contributed by atoms with Crippen LogP contribution in [0.4, 0.5) is 0 Å². The van der Waals surface area contributed by atoms with Crippen LogP contribution in [0.5, 0.6) is 5.75 Å². The van der Waals surface area contributed by atoms with Crippen molar-refractivity contribution in [2.45, 2.75) is 18.9 Å². The standard InChI is InChI=1S/C13H17ClN2O2.ClH/c14-10-2-1-3-11(6-10)18-8-13(17)16-7-12(15)9-4-5-9;/h1-3,6,9,12H,4-5,7-8,15H2,(H,16,17);1H. The quantitative estimate of drug-likeness (QED) is 0.845. The molecule has 4 nitrogen and oxygen atoms in total. The molecule has 6 heteroatoms. The molecule has 1 saturated carbocycles. The number of hydrogen-bond donors (Lipinski definition) is 2. The Hall–Kier alpha value is -0.970. The van der Waals surface area contributed by atoms with Crippen LogP contribution in [0, 0.1) is 5.92 Å². The van der Waals surface area contributed by atoms with E-state index in [4.69, 9.17) is 22.1 Å². The van der Waals surface area contributed by atoms with Gasteiger partial charge in [-0.2, -0.15) is 0 Å². The van der Waals surface area contributed by atoms with Gasteiger partial charge in [-0.25, -0.2) is 0 Å². The summed E-state index contributed by atoms with van der Waals surface area (Å²) in [5, 5.41) is 3.35. The minimum atomic E-state index is -0.161. The molecule has 1 atom stereocenters. The van der Waals surface area contributed by atoms with Gasteiger partial charge in [-0.05, 0) is 37.0 Å². The normalized spacial score (nSPS) is 15.3. The summed E-state index contributed by atoms with van der Waals surface area (Å²) in [6.45, 7) is 0.500. The second kappa shape index (κ2) is 7.58. The Morgan fingerprint density at radius 3 is 2.89 bits per heavy atom. The third kappa shape index (κ3) is 5.68. The first-order chi connectivity index (χ1) is 8.65. The molecule has 3 N–H and O–H groups in total. The molecule has 1 aliphatic rings. The third-order valence-corrected chi connectivity index (χ3v) is 3.16. The molecule has 0 heterocycles. The Morgan fingerprint density at radius 1 is 1.53 bits per heavy atom. The summed E-state index contributed by atoms with van der Waals surface area (Å²) in [5.41, 5.74) is 5.88. The number of benzene rings is 1. The zero-order valence-corrected chi connectivity index (χ0v) is 12.0. The van der Waals surface area contributed by atoms with Crippen molar-refractivity contribution in [3.63, 3.8) is 0 Å². The zero-order chi connectivity index (χ0) is 13.0. The number of ether oxygens (including phenoxy) is 1. The Bertz CT molecular complexity index is 425. The topological polar surface area (TPSA) is 64.3 Å². The molecule has 1 amide bonds. The molecule has 0 spiro atoms. The van der Waals surface area contributed by atoms with Gasteiger partial charge in [-0.15, -0.1) is 12.4 Å². The first-order valence-electron chi connectivity index (χ1n) is 6.06. The maximum Gasteiger partial charge on any atom is 0.257 e. The van der Waals surface area contributed by atoms with Crippen LogP contribution in [0.3, 0.4) is 0 Å². The van der Waals surface area contributed by atoms with Gasteiger partial charge in [-0.1, -0.05) is 17.7 Å². The smallest absolute Gasteiger partial charge is 0.257 e. The Kier molecular flexibility index (Phi) is 6.42. The van der Waals surface area contributed by atoms with Gasteiger partial charge in [0.25, 0.3) is 5.91 Å². The first-order valence-corrected chi connectivity index (χ1v) is 6.43. The fourth-order valence-electron chi connectivity index (χ4n) is 1.68. The number of amides is 1.